The van der Waals surface area contributed by atoms with Crippen LogP contribution in [0, 0.1) is 51.0 Å². The van der Waals surface area contributed by atoms with E-state index in [1.165, 1.54) is 26.8 Å². The molecule has 1 spiro atoms. The number of allylic oxidation sites excluding steroid dienone is 3. The van der Waals surface area contributed by atoms with Gasteiger partial charge in [-0.3, -0.25) is 43.6 Å². The highest BCUT2D eigenvalue weighted by Crippen LogP contribution is 2.61. The summed E-state index contributed by atoms with van der Waals surface area (Å²) in [5.74, 6) is -11.7. The number of nitrogens with zero attached hydrogens (tertiary/aromatic N) is 1. The van der Waals surface area contributed by atoms with Crippen LogP contribution in [-0.4, -0.2) is 156 Å². The van der Waals surface area contributed by atoms with Crippen LogP contribution in [0.1, 0.15) is 109 Å². The zero-order chi connectivity index (χ0) is 60.3. The van der Waals surface area contributed by atoms with E-state index < -0.39 is 185 Å². The van der Waals surface area contributed by atoms with Crippen LogP contribution in [0.2, 0.25) is 0 Å². The number of rotatable bonds is 12. The Labute approximate surface area is 473 Å². The number of ether oxygens (including phenoxy) is 12. The fourth-order valence-electron chi connectivity index (χ4n) is 14.2. The summed E-state index contributed by atoms with van der Waals surface area (Å²) in [4.78, 5) is 118. The van der Waals surface area contributed by atoms with E-state index >= 15 is 4.79 Å². The zero-order valence-corrected chi connectivity index (χ0v) is 48.2. The standard InChI is InChI=1S/C57H74N2O23/c1-25-14-17-38(77-41-22-54(10,59(69)70)48(29(5)73-41)58-53(68)71-13)26(2)19-37-39(74-31(7)62)20-34(23-60)21-57(37)50(66)42(51(67)81-57)49(65)55(11)36(25)16-15-35-43(55)27(3)18-28(4)44(35)79-56(12)80-47-46(76-33(9)64)45(75-32(8)63)40(24-72-30(6)61)78-52(47)82-56/h14-16,19-20,23,27-29,35-41,43-48,52,65H,17-18,21-22,24H2,1-13H3,(H,58,68)/b25-14+,26-19-,49-42+/t27-,28-,29-,35-,36-,37+,38-,39-,40?,41-,43+,44-,45+,46?,47-,48?,52-,54?,55+,56?,57-/m0/s1. The second-order valence-corrected chi connectivity index (χ2v) is 23.5. The van der Waals surface area contributed by atoms with Gasteiger partial charge in [-0.15, -0.1) is 0 Å². The van der Waals surface area contributed by atoms with Gasteiger partial charge in [0.25, 0.3) is 5.97 Å². The Morgan fingerprint density at radius 2 is 1.55 bits per heavy atom. The van der Waals surface area contributed by atoms with Crippen molar-refractivity contribution in [3.05, 3.63) is 68.5 Å². The van der Waals surface area contributed by atoms with Gasteiger partial charge < -0.3 is 62.5 Å². The summed E-state index contributed by atoms with van der Waals surface area (Å²) in [6.07, 6.45) is -4.04. The van der Waals surface area contributed by atoms with E-state index in [4.69, 9.17) is 56.8 Å². The third kappa shape index (κ3) is 11.4. The minimum Gasteiger partial charge on any atom is -0.511 e. The number of carbonyl (C=O) groups is 8. The van der Waals surface area contributed by atoms with Gasteiger partial charge in [0.15, 0.2) is 36.5 Å². The summed E-state index contributed by atoms with van der Waals surface area (Å²) in [6.45, 7) is 17.8. The number of esters is 5. The lowest BCUT2D eigenvalue weighted by Gasteiger charge is -2.56. The fourth-order valence-corrected chi connectivity index (χ4v) is 14.2. The molecule has 21 atom stereocenters. The highest BCUT2D eigenvalue weighted by molar-refractivity contribution is 6.26. The van der Waals surface area contributed by atoms with Crippen molar-refractivity contribution in [3.8, 4) is 0 Å². The van der Waals surface area contributed by atoms with Crippen LogP contribution in [0.5, 0.6) is 0 Å². The van der Waals surface area contributed by atoms with Gasteiger partial charge in [-0.25, -0.2) is 9.59 Å². The van der Waals surface area contributed by atoms with Crippen molar-refractivity contribution in [2.75, 3.05) is 13.7 Å². The van der Waals surface area contributed by atoms with Crippen molar-refractivity contribution < 1.29 is 105 Å². The van der Waals surface area contributed by atoms with Gasteiger partial charge in [-0.2, -0.15) is 0 Å². The van der Waals surface area contributed by atoms with Gasteiger partial charge in [0.1, 0.15) is 42.5 Å². The average Bonchev–Trinajstić information content (AvgIpc) is 1.82. The maximum absolute atomic E-state index is 15.7. The van der Waals surface area contributed by atoms with E-state index in [2.05, 4.69) is 5.32 Å². The van der Waals surface area contributed by atoms with Gasteiger partial charge in [-0.05, 0) is 68.6 Å². The summed E-state index contributed by atoms with van der Waals surface area (Å²) >= 11 is 0. The first kappa shape index (κ1) is 61.7. The molecule has 4 saturated heterocycles. The van der Waals surface area contributed by atoms with E-state index in [0.29, 0.717) is 23.9 Å². The number of methoxy groups -OCH3 is 1. The van der Waals surface area contributed by atoms with E-state index in [9.17, 15) is 48.8 Å². The number of aliphatic hydroxyl groups is 1. The van der Waals surface area contributed by atoms with Crippen LogP contribution in [0.15, 0.2) is 58.4 Å². The number of hydrogen-bond donors (Lipinski definition) is 2. The largest absolute Gasteiger partial charge is 0.511 e. The number of nitrogens with one attached hydrogen (secondary N) is 1. The Bertz CT molecular complexity index is 2790. The van der Waals surface area contributed by atoms with Crippen molar-refractivity contribution >= 4 is 48.0 Å². The molecule has 450 valence electrons. The van der Waals surface area contributed by atoms with Crippen molar-refractivity contribution in [1.29, 1.82) is 0 Å². The van der Waals surface area contributed by atoms with E-state index in [1.807, 2.05) is 39.0 Å². The number of fused-ring (bicyclic) bond motifs is 5. The molecule has 25 heteroatoms. The summed E-state index contributed by atoms with van der Waals surface area (Å²) in [7, 11) is 1.13. The lowest BCUT2D eigenvalue weighted by atomic mass is 9.49. The first-order chi connectivity index (χ1) is 38.4. The molecule has 4 heterocycles. The van der Waals surface area contributed by atoms with Crippen LogP contribution in [0.3, 0.4) is 0 Å². The highest BCUT2D eigenvalue weighted by atomic mass is 16.9. The number of aliphatic hydroxyl groups excluding tert-OH is 1. The van der Waals surface area contributed by atoms with Crippen molar-refractivity contribution in [2.45, 2.75) is 193 Å². The highest BCUT2D eigenvalue weighted by Gasteiger charge is 2.67. The summed E-state index contributed by atoms with van der Waals surface area (Å²) < 4.78 is 72.4. The molecule has 1 amide bonds. The lowest BCUT2D eigenvalue weighted by Crippen LogP contribution is -2.65. The van der Waals surface area contributed by atoms with Crippen LogP contribution in [0.25, 0.3) is 0 Å². The SMILES string of the molecule is COC(=O)NC1[C@H](C)O[C@@H](O[C@H]2C/C=C(\C)[C@@H]3C=C[C@@H]4[C@@H](OC5(C)O[C@@H]6OC(COC(C)=O)[C@@H](OC(C)=O)C(OC(C)=O)[C@@H]6O5)[C@@H](C)C[C@H](C)[C@H]4[C@]3(C)/C(O)=C3\C(=O)O[C@]4(CC(C=O)=C[C@H](OC(C)=O)[C@H]4/C=C\2C)C3=O)CC1(C)[N+](=O)[O-]. The van der Waals surface area contributed by atoms with E-state index in [1.54, 1.807) is 26.8 Å². The number of alkyl carbamates (subject to hydrolysis) is 1. The summed E-state index contributed by atoms with van der Waals surface area (Å²) in [6, 6.07) is -1.15. The molecule has 0 aromatic rings. The minimum absolute atomic E-state index is 0.0282. The predicted octanol–water partition coefficient (Wildman–Crippen LogP) is 5.04. The number of Topliss-reactive ketones (excluding diaryl/α,β-unsaturated/α-hetero) is 1. The first-order valence-corrected chi connectivity index (χ1v) is 27.5. The molecule has 82 heavy (non-hydrogen) atoms. The monoisotopic (exact) mass is 1150 g/mol. The van der Waals surface area contributed by atoms with Gasteiger partial charge in [0, 0.05) is 70.1 Å². The Hall–Kier alpha value is -6.38. The number of nitro groups is 1. The Morgan fingerprint density at radius 3 is 2.17 bits per heavy atom. The van der Waals surface area contributed by atoms with E-state index in [0.717, 1.165) is 27.9 Å². The zero-order valence-electron chi connectivity index (χ0n) is 48.2. The van der Waals surface area contributed by atoms with Gasteiger partial charge in [0.05, 0.1) is 37.8 Å². The molecule has 4 aliphatic heterocycles. The molecule has 2 bridgehead atoms. The Morgan fingerprint density at radius 1 is 0.878 bits per heavy atom. The number of carbonyl (C=O) groups excluding carboxylic acids is 8. The van der Waals surface area contributed by atoms with E-state index in [-0.39, 0.29) is 30.3 Å². The van der Waals surface area contributed by atoms with Gasteiger partial charge >= 0.3 is 35.9 Å². The van der Waals surface area contributed by atoms with Gasteiger partial charge in [0.2, 0.25) is 11.3 Å². The van der Waals surface area contributed by atoms with Crippen LogP contribution in [-0.2, 0) is 90.4 Å². The molecule has 8 aliphatic rings. The van der Waals surface area contributed by atoms with Crippen molar-refractivity contribution in [2.24, 2.45) is 40.9 Å². The molecule has 2 N–H and O–H groups in total. The average molecular weight is 1160 g/mol. The third-order valence-electron chi connectivity index (χ3n) is 17.7. The van der Waals surface area contributed by atoms with Crippen LogP contribution < -0.4 is 5.32 Å². The number of aldehydes is 1. The predicted molar refractivity (Wildman–Crippen MR) is 278 cm³/mol. The Kier molecular flexibility index (Phi) is 17.6. The normalized spacial score (nSPS) is 43.7. The molecule has 8 rings (SSSR count). The maximum atomic E-state index is 15.7. The molecule has 0 aromatic heterocycles. The van der Waals surface area contributed by atoms with Crippen molar-refractivity contribution in [3.63, 3.8) is 0 Å². The molecule has 25 nitrogen and oxygen atoms in total. The van der Waals surface area contributed by atoms with Crippen molar-refractivity contribution in [1.82, 2.24) is 5.32 Å². The third-order valence-corrected chi connectivity index (χ3v) is 17.7. The second-order valence-electron chi connectivity index (χ2n) is 23.5. The molecule has 5 fully saturated rings. The Balaban J connectivity index is 1.23. The summed E-state index contributed by atoms with van der Waals surface area (Å²) in [5.41, 5.74) is -5.32. The lowest BCUT2D eigenvalue weighted by molar-refractivity contribution is -0.584. The molecule has 0 radical (unpaired) electrons. The molecule has 4 aliphatic carbocycles. The quantitative estimate of drug-likeness (QED) is 0.0491. The van der Waals surface area contributed by atoms with Crippen LogP contribution >= 0.6 is 0 Å². The molecule has 1 saturated carbocycles. The van der Waals surface area contributed by atoms with Crippen LogP contribution in [0.4, 0.5) is 4.79 Å². The number of ketones is 1. The topological polar surface area (TPSA) is 323 Å². The molecular formula is C57H74N2O23. The van der Waals surface area contributed by atoms with Gasteiger partial charge in [-0.1, -0.05) is 50.6 Å². The summed E-state index contributed by atoms with van der Waals surface area (Å²) in [5, 5.41) is 28.7. The molecule has 5 unspecified atom stereocenters. The molecule has 0 aromatic carbocycles. The number of amides is 1. The smallest absolute Gasteiger partial charge is 0.407 e. The number of hydrogen-bond acceptors (Lipinski definition) is 23. The first-order valence-electron chi connectivity index (χ1n) is 27.5. The second kappa shape index (κ2) is 23.3. The fraction of sp³-hybridized carbons (Fsp3) is 0.684. The minimum atomic E-state index is -2.27. The maximum Gasteiger partial charge on any atom is 0.407 e. The molecular weight excluding hydrogens is 1080 g/mol.